The van der Waals surface area contributed by atoms with Crippen LogP contribution in [-0.4, -0.2) is 41.3 Å². The lowest BCUT2D eigenvalue weighted by atomic mass is 9.96. The first-order chi connectivity index (χ1) is 13.7. The molecule has 6 heteroatoms. The Morgan fingerprint density at radius 1 is 1.29 bits per heavy atom. The van der Waals surface area contributed by atoms with Gasteiger partial charge in [-0.2, -0.15) is 0 Å². The first-order valence-corrected chi connectivity index (χ1v) is 11.1. The standard InChI is InChI=1S/C22H29N3O2S/c1-2-19-16-28-20(24-19)12-13-23-22(27)18-10-11-21(26)25(15-18)14-6-9-17-7-4-3-5-8-17/h3-5,7-8,16,18H,2,6,9-15H2,1H3,(H,23,27)/t18-/m1/s1. The van der Waals surface area contributed by atoms with Crippen LogP contribution >= 0.6 is 11.3 Å². The first kappa shape index (κ1) is 20.5. The minimum Gasteiger partial charge on any atom is -0.355 e. The van der Waals surface area contributed by atoms with Crippen LogP contribution in [0.3, 0.4) is 0 Å². The van der Waals surface area contributed by atoms with Crippen LogP contribution in [0.15, 0.2) is 35.7 Å². The van der Waals surface area contributed by atoms with Gasteiger partial charge in [0.25, 0.3) is 0 Å². The van der Waals surface area contributed by atoms with E-state index >= 15 is 0 Å². The molecule has 5 nitrogen and oxygen atoms in total. The zero-order chi connectivity index (χ0) is 19.8. The maximum atomic E-state index is 12.5. The molecule has 0 spiro atoms. The number of aromatic nitrogens is 1. The highest BCUT2D eigenvalue weighted by Gasteiger charge is 2.29. The molecule has 0 unspecified atom stereocenters. The lowest BCUT2D eigenvalue weighted by Crippen LogP contribution is -2.46. The zero-order valence-corrected chi connectivity index (χ0v) is 17.3. The molecule has 2 heterocycles. The fraction of sp³-hybridized carbons (Fsp3) is 0.500. The Morgan fingerprint density at radius 2 is 2.11 bits per heavy atom. The van der Waals surface area contributed by atoms with Gasteiger partial charge in [0.05, 0.1) is 16.6 Å². The summed E-state index contributed by atoms with van der Waals surface area (Å²) in [6.45, 7) is 3.96. The number of nitrogens with one attached hydrogen (secondary N) is 1. The number of rotatable bonds is 9. The SMILES string of the molecule is CCc1csc(CCNC(=O)[C@@H]2CCC(=O)N(CCCc3ccccc3)C2)n1. The van der Waals surface area contributed by atoms with Gasteiger partial charge in [-0.15, -0.1) is 11.3 Å². The van der Waals surface area contributed by atoms with Crippen molar-refractivity contribution in [3.8, 4) is 0 Å². The van der Waals surface area contributed by atoms with Gasteiger partial charge in [-0.1, -0.05) is 37.3 Å². The Balaban J connectivity index is 1.41. The minimum atomic E-state index is -0.100. The highest BCUT2D eigenvalue weighted by molar-refractivity contribution is 7.09. The molecule has 0 radical (unpaired) electrons. The third-order valence-electron chi connectivity index (χ3n) is 5.21. The summed E-state index contributed by atoms with van der Waals surface area (Å²) in [4.78, 5) is 31.2. The number of carbonyl (C=O) groups excluding carboxylic acids is 2. The van der Waals surface area contributed by atoms with Crippen molar-refractivity contribution < 1.29 is 9.59 Å². The number of aryl methyl sites for hydroxylation is 2. The van der Waals surface area contributed by atoms with Crippen LogP contribution in [0.25, 0.3) is 0 Å². The average Bonchev–Trinajstić information content (AvgIpc) is 3.18. The number of thiazole rings is 1. The topological polar surface area (TPSA) is 62.3 Å². The zero-order valence-electron chi connectivity index (χ0n) is 16.5. The Hall–Kier alpha value is -2.21. The maximum absolute atomic E-state index is 12.5. The summed E-state index contributed by atoms with van der Waals surface area (Å²) in [6.07, 6.45) is 4.71. The summed E-state index contributed by atoms with van der Waals surface area (Å²) in [5.41, 5.74) is 2.40. The monoisotopic (exact) mass is 399 g/mol. The fourth-order valence-corrected chi connectivity index (χ4v) is 4.41. The second-order valence-corrected chi connectivity index (χ2v) is 8.23. The Labute approximate surface area is 171 Å². The van der Waals surface area contributed by atoms with Gasteiger partial charge in [0.1, 0.15) is 0 Å². The van der Waals surface area contributed by atoms with Gasteiger partial charge in [0.2, 0.25) is 11.8 Å². The van der Waals surface area contributed by atoms with E-state index in [0.717, 1.165) is 42.9 Å². The molecule has 0 aliphatic carbocycles. The molecule has 1 saturated heterocycles. The molecular formula is C22H29N3O2S. The van der Waals surface area contributed by atoms with Crippen molar-refractivity contribution in [2.75, 3.05) is 19.6 Å². The van der Waals surface area contributed by atoms with Crippen molar-refractivity contribution in [3.63, 3.8) is 0 Å². The smallest absolute Gasteiger partial charge is 0.224 e. The summed E-state index contributed by atoms with van der Waals surface area (Å²) >= 11 is 1.65. The molecule has 28 heavy (non-hydrogen) atoms. The van der Waals surface area contributed by atoms with Crippen LogP contribution in [0.4, 0.5) is 0 Å². The van der Waals surface area contributed by atoms with Crippen molar-refractivity contribution >= 4 is 23.2 Å². The van der Waals surface area contributed by atoms with Gasteiger partial charge in [0, 0.05) is 37.9 Å². The molecule has 2 amide bonds. The Morgan fingerprint density at radius 3 is 2.86 bits per heavy atom. The number of hydrogen-bond donors (Lipinski definition) is 1. The van der Waals surface area contributed by atoms with Gasteiger partial charge in [-0.25, -0.2) is 4.98 Å². The summed E-state index contributed by atoms with van der Waals surface area (Å²) < 4.78 is 0. The Kier molecular flexibility index (Phi) is 7.60. The summed E-state index contributed by atoms with van der Waals surface area (Å²) in [5.74, 6) is 0.136. The van der Waals surface area contributed by atoms with Crippen LogP contribution in [-0.2, 0) is 28.9 Å². The van der Waals surface area contributed by atoms with E-state index in [9.17, 15) is 9.59 Å². The molecule has 1 aliphatic heterocycles. The Bertz CT molecular complexity index is 775. The second-order valence-electron chi connectivity index (χ2n) is 7.29. The normalized spacial score (nSPS) is 17.0. The van der Waals surface area contributed by atoms with E-state index in [1.165, 1.54) is 5.56 Å². The second kappa shape index (κ2) is 10.4. The third kappa shape index (κ3) is 5.89. The summed E-state index contributed by atoms with van der Waals surface area (Å²) in [5, 5.41) is 6.18. The summed E-state index contributed by atoms with van der Waals surface area (Å²) in [7, 11) is 0. The molecule has 1 fully saturated rings. The molecule has 1 aromatic carbocycles. The van der Waals surface area contributed by atoms with Gasteiger partial charge in [0.15, 0.2) is 0 Å². The van der Waals surface area contributed by atoms with Crippen LogP contribution in [0.2, 0.25) is 0 Å². The molecule has 0 bridgehead atoms. The predicted octanol–water partition coefficient (Wildman–Crippen LogP) is 3.24. The van der Waals surface area contributed by atoms with Gasteiger partial charge in [-0.3, -0.25) is 9.59 Å². The van der Waals surface area contributed by atoms with E-state index in [0.29, 0.717) is 25.9 Å². The molecule has 2 aromatic rings. The molecule has 1 aromatic heterocycles. The number of amides is 2. The van der Waals surface area contributed by atoms with Crippen molar-refractivity contribution in [2.24, 2.45) is 5.92 Å². The average molecular weight is 400 g/mol. The van der Waals surface area contributed by atoms with E-state index in [4.69, 9.17) is 0 Å². The van der Waals surface area contributed by atoms with Gasteiger partial charge in [-0.05, 0) is 31.2 Å². The largest absolute Gasteiger partial charge is 0.355 e. The van der Waals surface area contributed by atoms with Crippen molar-refractivity contribution in [3.05, 3.63) is 52.0 Å². The number of likely N-dealkylation sites (tertiary alicyclic amines) is 1. The van der Waals surface area contributed by atoms with Crippen LogP contribution in [0.1, 0.15) is 42.5 Å². The maximum Gasteiger partial charge on any atom is 0.224 e. The highest BCUT2D eigenvalue weighted by Crippen LogP contribution is 2.19. The van der Waals surface area contributed by atoms with Crippen molar-refractivity contribution in [1.29, 1.82) is 0 Å². The number of hydrogen-bond acceptors (Lipinski definition) is 4. The molecular weight excluding hydrogens is 370 g/mol. The molecule has 1 atom stereocenters. The van der Waals surface area contributed by atoms with Crippen LogP contribution in [0.5, 0.6) is 0 Å². The molecule has 1 N–H and O–H groups in total. The van der Waals surface area contributed by atoms with Crippen molar-refractivity contribution in [2.45, 2.75) is 45.4 Å². The summed E-state index contributed by atoms with van der Waals surface area (Å²) in [6, 6.07) is 10.3. The number of nitrogens with zero attached hydrogens (tertiary/aromatic N) is 2. The van der Waals surface area contributed by atoms with Gasteiger partial charge >= 0.3 is 0 Å². The van der Waals surface area contributed by atoms with E-state index in [-0.39, 0.29) is 17.7 Å². The van der Waals surface area contributed by atoms with Crippen molar-refractivity contribution in [1.82, 2.24) is 15.2 Å². The number of carbonyl (C=O) groups is 2. The lowest BCUT2D eigenvalue weighted by molar-refractivity contribution is -0.138. The quantitative estimate of drug-likeness (QED) is 0.704. The molecule has 1 aliphatic rings. The van der Waals surface area contributed by atoms with E-state index in [1.54, 1.807) is 11.3 Å². The van der Waals surface area contributed by atoms with Crippen LogP contribution < -0.4 is 5.32 Å². The lowest BCUT2D eigenvalue weighted by Gasteiger charge is -2.32. The van der Waals surface area contributed by atoms with E-state index in [1.807, 2.05) is 23.1 Å². The van der Waals surface area contributed by atoms with Gasteiger partial charge < -0.3 is 10.2 Å². The fourth-order valence-electron chi connectivity index (χ4n) is 3.53. The highest BCUT2D eigenvalue weighted by atomic mass is 32.1. The molecule has 0 saturated carbocycles. The number of benzene rings is 1. The van der Waals surface area contributed by atoms with E-state index < -0.39 is 0 Å². The predicted molar refractivity (Wildman–Crippen MR) is 112 cm³/mol. The minimum absolute atomic E-state index is 0.0628. The van der Waals surface area contributed by atoms with E-state index in [2.05, 4.69) is 34.7 Å². The molecule has 150 valence electrons. The first-order valence-electron chi connectivity index (χ1n) is 10.2. The third-order valence-corrected chi connectivity index (χ3v) is 6.16. The van der Waals surface area contributed by atoms with Crippen LogP contribution in [0, 0.1) is 5.92 Å². The molecule has 3 rings (SSSR count). The number of piperidine rings is 1.